The lowest BCUT2D eigenvalue weighted by Gasteiger charge is -2.27. The second-order valence-electron chi connectivity index (χ2n) is 6.78. The van der Waals surface area contributed by atoms with Gasteiger partial charge in [0.15, 0.2) is 0 Å². The molecule has 20 heavy (non-hydrogen) atoms. The number of aromatic nitrogens is 2. The third-order valence-corrected chi connectivity index (χ3v) is 4.31. The SMILES string of the molecule is CN(CC1CCCN1C)c1cc(Br)nc(C(C)(C)C)n1. The molecule has 1 aliphatic rings. The Hall–Kier alpha value is -0.680. The van der Waals surface area contributed by atoms with Crippen LogP contribution in [0.15, 0.2) is 10.7 Å². The zero-order valence-electron chi connectivity index (χ0n) is 13.1. The van der Waals surface area contributed by atoms with Crippen LogP contribution in [0.3, 0.4) is 0 Å². The van der Waals surface area contributed by atoms with E-state index in [-0.39, 0.29) is 5.41 Å². The molecule has 1 saturated heterocycles. The Morgan fingerprint density at radius 1 is 1.40 bits per heavy atom. The molecular weight excluding hydrogens is 316 g/mol. The monoisotopic (exact) mass is 340 g/mol. The molecule has 5 heteroatoms. The predicted octanol–water partition coefficient (Wildman–Crippen LogP) is 3.07. The Balaban J connectivity index is 2.17. The Bertz CT molecular complexity index is 469. The second kappa shape index (κ2) is 5.98. The summed E-state index contributed by atoms with van der Waals surface area (Å²) in [7, 11) is 4.33. The Kier molecular flexibility index (Phi) is 4.69. The van der Waals surface area contributed by atoms with Crippen LogP contribution in [0.5, 0.6) is 0 Å². The standard InChI is InChI=1S/C15H25BrN4/c1-15(2,3)14-17-12(16)9-13(18-14)20(5)10-11-7-6-8-19(11)4/h9,11H,6-8,10H2,1-5H3. The molecule has 4 nitrogen and oxygen atoms in total. The number of likely N-dealkylation sites (N-methyl/N-ethyl adjacent to an activating group) is 2. The average molecular weight is 341 g/mol. The summed E-state index contributed by atoms with van der Waals surface area (Å²) < 4.78 is 0.860. The van der Waals surface area contributed by atoms with Crippen LogP contribution >= 0.6 is 15.9 Å². The summed E-state index contributed by atoms with van der Waals surface area (Å²) in [4.78, 5) is 13.9. The first kappa shape index (κ1) is 15.7. The van der Waals surface area contributed by atoms with Crippen molar-refractivity contribution in [1.82, 2.24) is 14.9 Å². The van der Waals surface area contributed by atoms with E-state index in [4.69, 9.17) is 4.98 Å². The minimum Gasteiger partial charge on any atom is -0.358 e. The van der Waals surface area contributed by atoms with Gasteiger partial charge in [-0.2, -0.15) is 0 Å². The molecule has 1 aliphatic heterocycles. The van der Waals surface area contributed by atoms with E-state index in [0.717, 1.165) is 22.8 Å². The number of rotatable bonds is 3. The van der Waals surface area contributed by atoms with Crippen molar-refractivity contribution in [2.45, 2.75) is 45.1 Å². The van der Waals surface area contributed by atoms with Crippen molar-refractivity contribution in [2.24, 2.45) is 0 Å². The molecule has 0 bridgehead atoms. The van der Waals surface area contributed by atoms with E-state index in [9.17, 15) is 0 Å². The Morgan fingerprint density at radius 2 is 2.10 bits per heavy atom. The number of hydrogen-bond donors (Lipinski definition) is 0. The fraction of sp³-hybridized carbons (Fsp3) is 0.733. The zero-order valence-corrected chi connectivity index (χ0v) is 14.7. The molecule has 0 saturated carbocycles. The minimum atomic E-state index is -0.0382. The largest absolute Gasteiger partial charge is 0.358 e. The van der Waals surface area contributed by atoms with Gasteiger partial charge < -0.3 is 9.80 Å². The fourth-order valence-electron chi connectivity index (χ4n) is 2.56. The molecule has 1 aromatic rings. The molecular formula is C15H25BrN4. The van der Waals surface area contributed by atoms with Crippen LogP contribution in [-0.2, 0) is 5.41 Å². The molecule has 0 spiro atoms. The summed E-state index contributed by atoms with van der Waals surface area (Å²) in [5, 5.41) is 0. The maximum Gasteiger partial charge on any atom is 0.137 e. The van der Waals surface area contributed by atoms with Crippen LogP contribution in [0.1, 0.15) is 39.4 Å². The Labute approximate surface area is 130 Å². The highest BCUT2D eigenvalue weighted by Gasteiger charge is 2.24. The van der Waals surface area contributed by atoms with Crippen LogP contribution in [0.25, 0.3) is 0 Å². The molecule has 1 atom stereocenters. The summed E-state index contributed by atoms with van der Waals surface area (Å²) in [5.41, 5.74) is -0.0382. The van der Waals surface area contributed by atoms with Crippen molar-refractivity contribution in [2.75, 3.05) is 32.1 Å². The molecule has 0 aromatic carbocycles. The number of hydrogen-bond acceptors (Lipinski definition) is 4. The predicted molar refractivity (Wildman–Crippen MR) is 87.4 cm³/mol. The topological polar surface area (TPSA) is 32.3 Å². The van der Waals surface area contributed by atoms with Crippen molar-refractivity contribution in [3.8, 4) is 0 Å². The third kappa shape index (κ3) is 3.70. The van der Waals surface area contributed by atoms with Gasteiger partial charge in [-0.15, -0.1) is 0 Å². The highest BCUT2D eigenvalue weighted by molar-refractivity contribution is 9.10. The quantitative estimate of drug-likeness (QED) is 0.791. The van der Waals surface area contributed by atoms with Gasteiger partial charge in [0.2, 0.25) is 0 Å². The lowest BCUT2D eigenvalue weighted by atomic mass is 9.96. The molecule has 2 rings (SSSR count). The first-order valence-electron chi connectivity index (χ1n) is 7.24. The number of likely N-dealkylation sites (tertiary alicyclic amines) is 1. The van der Waals surface area contributed by atoms with Gasteiger partial charge in [-0.3, -0.25) is 0 Å². The van der Waals surface area contributed by atoms with Crippen LogP contribution in [0.2, 0.25) is 0 Å². The molecule has 0 N–H and O–H groups in total. The summed E-state index contributed by atoms with van der Waals surface area (Å²) in [6.07, 6.45) is 2.58. The van der Waals surface area contributed by atoms with Gasteiger partial charge in [0.05, 0.1) is 0 Å². The summed E-state index contributed by atoms with van der Waals surface area (Å²) in [5.74, 6) is 1.88. The van der Waals surface area contributed by atoms with Gasteiger partial charge in [0.25, 0.3) is 0 Å². The number of anilines is 1. The first-order chi connectivity index (χ1) is 9.27. The van der Waals surface area contributed by atoms with E-state index in [1.54, 1.807) is 0 Å². The summed E-state index contributed by atoms with van der Waals surface area (Å²) in [6.45, 7) is 8.65. The van der Waals surface area contributed by atoms with Gasteiger partial charge in [-0.1, -0.05) is 20.8 Å². The van der Waals surface area contributed by atoms with Gasteiger partial charge in [-0.25, -0.2) is 9.97 Å². The van der Waals surface area contributed by atoms with E-state index < -0.39 is 0 Å². The minimum absolute atomic E-state index is 0.0382. The van der Waals surface area contributed by atoms with Crippen molar-refractivity contribution in [3.05, 3.63) is 16.5 Å². The maximum atomic E-state index is 4.74. The van der Waals surface area contributed by atoms with E-state index in [2.05, 4.69) is 65.6 Å². The number of halogens is 1. The van der Waals surface area contributed by atoms with E-state index in [1.807, 2.05) is 6.07 Å². The van der Waals surface area contributed by atoms with Gasteiger partial charge in [-0.05, 0) is 42.4 Å². The van der Waals surface area contributed by atoms with Gasteiger partial charge >= 0.3 is 0 Å². The first-order valence-corrected chi connectivity index (χ1v) is 8.03. The van der Waals surface area contributed by atoms with Crippen LogP contribution in [-0.4, -0.2) is 48.1 Å². The number of nitrogens with zero attached hydrogens (tertiary/aromatic N) is 4. The highest BCUT2D eigenvalue weighted by Crippen LogP contribution is 2.25. The average Bonchev–Trinajstić information content (AvgIpc) is 2.73. The molecule has 1 aromatic heterocycles. The normalized spacial score (nSPS) is 20.4. The molecule has 1 fully saturated rings. The van der Waals surface area contributed by atoms with Gasteiger partial charge in [0, 0.05) is 31.1 Å². The Morgan fingerprint density at radius 3 is 2.65 bits per heavy atom. The van der Waals surface area contributed by atoms with Crippen molar-refractivity contribution < 1.29 is 0 Å². The van der Waals surface area contributed by atoms with E-state index >= 15 is 0 Å². The van der Waals surface area contributed by atoms with E-state index in [1.165, 1.54) is 19.4 Å². The second-order valence-corrected chi connectivity index (χ2v) is 7.59. The lowest BCUT2D eigenvalue weighted by molar-refractivity contribution is 0.314. The van der Waals surface area contributed by atoms with Crippen molar-refractivity contribution in [1.29, 1.82) is 0 Å². The molecule has 0 amide bonds. The zero-order chi connectivity index (χ0) is 14.9. The third-order valence-electron chi connectivity index (χ3n) is 3.90. The highest BCUT2D eigenvalue weighted by atomic mass is 79.9. The molecule has 0 radical (unpaired) electrons. The summed E-state index contributed by atoms with van der Waals surface area (Å²) in [6, 6.07) is 2.64. The van der Waals surface area contributed by atoms with Crippen molar-refractivity contribution >= 4 is 21.7 Å². The maximum absolute atomic E-state index is 4.74. The van der Waals surface area contributed by atoms with Crippen LogP contribution < -0.4 is 4.90 Å². The van der Waals surface area contributed by atoms with Crippen LogP contribution in [0.4, 0.5) is 5.82 Å². The molecule has 112 valence electrons. The van der Waals surface area contributed by atoms with E-state index in [0.29, 0.717) is 6.04 Å². The van der Waals surface area contributed by atoms with Crippen molar-refractivity contribution in [3.63, 3.8) is 0 Å². The van der Waals surface area contributed by atoms with Gasteiger partial charge in [0.1, 0.15) is 16.2 Å². The fourth-order valence-corrected chi connectivity index (χ4v) is 2.93. The molecule has 2 heterocycles. The smallest absolute Gasteiger partial charge is 0.137 e. The lowest BCUT2D eigenvalue weighted by Crippen LogP contribution is -2.37. The van der Waals surface area contributed by atoms with Crippen LogP contribution in [0, 0.1) is 0 Å². The molecule has 0 aliphatic carbocycles. The summed E-state index contributed by atoms with van der Waals surface area (Å²) >= 11 is 3.51. The molecule has 1 unspecified atom stereocenters.